The van der Waals surface area contributed by atoms with E-state index in [-0.39, 0.29) is 29.1 Å². The predicted molar refractivity (Wildman–Crippen MR) is 78.7 cm³/mol. The topological polar surface area (TPSA) is 89.9 Å². The first-order valence-electron chi connectivity index (χ1n) is 7.17. The highest BCUT2D eigenvalue weighted by Gasteiger charge is 2.32. The number of carboxylic acid groups (broad SMARTS) is 1. The van der Waals surface area contributed by atoms with Gasteiger partial charge in [-0.3, -0.25) is 0 Å². The van der Waals surface area contributed by atoms with Gasteiger partial charge in [-0.1, -0.05) is 13.3 Å². The highest BCUT2D eigenvalue weighted by Crippen LogP contribution is 2.29. The van der Waals surface area contributed by atoms with Crippen LogP contribution in [0.2, 0.25) is 0 Å². The molecule has 6 heteroatoms. The Bertz CT molecular complexity index is 540. The third-order valence-electron chi connectivity index (χ3n) is 3.49. The van der Waals surface area contributed by atoms with Gasteiger partial charge in [0.1, 0.15) is 5.75 Å². The number of aromatic carboxylic acids is 1. The standard InChI is InChI=1S/C15H20N2O4/c1-2-3-8-17(11-5-6-11)15(21)16-12-7-4-10(14(19)20)9-13(12)18/h4,7,9,11,18H,2-3,5-6,8H2,1H3,(H,16,21)(H,19,20). The lowest BCUT2D eigenvalue weighted by molar-refractivity contribution is 0.0696. The van der Waals surface area contributed by atoms with Crippen molar-refractivity contribution >= 4 is 17.7 Å². The maximum Gasteiger partial charge on any atom is 0.335 e. The van der Waals surface area contributed by atoms with E-state index in [9.17, 15) is 14.7 Å². The molecule has 0 bridgehead atoms. The molecule has 0 aromatic heterocycles. The van der Waals surface area contributed by atoms with E-state index in [2.05, 4.69) is 12.2 Å². The molecule has 1 aliphatic rings. The van der Waals surface area contributed by atoms with Gasteiger partial charge in [0.15, 0.2) is 0 Å². The number of amides is 2. The fraction of sp³-hybridized carbons (Fsp3) is 0.467. The highest BCUT2D eigenvalue weighted by atomic mass is 16.4. The number of hydrogen-bond donors (Lipinski definition) is 3. The maximum atomic E-state index is 12.3. The average Bonchev–Trinajstić information content (AvgIpc) is 3.26. The van der Waals surface area contributed by atoms with Crippen molar-refractivity contribution in [2.24, 2.45) is 0 Å². The Kier molecular flexibility index (Phi) is 4.67. The quantitative estimate of drug-likeness (QED) is 0.703. The van der Waals surface area contributed by atoms with Crippen molar-refractivity contribution in [3.8, 4) is 5.75 Å². The minimum Gasteiger partial charge on any atom is -0.506 e. The first-order chi connectivity index (χ1) is 10.0. The molecule has 0 spiro atoms. The van der Waals surface area contributed by atoms with Gasteiger partial charge in [0.25, 0.3) is 0 Å². The molecule has 0 radical (unpaired) electrons. The van der Waals surface area contributed by atoms with E-state index in [1.54, 1.807) is 4.90 Å². The van der Waals surface area contributed by atoms with Gasteiger partial charge in [-0.15, -0.1) is 0 Å². The number of phenols is 1. The number of carbonyl (C=O) groups excluding carboxylic acids is 1. The van der Waals surface area contributed by atoms with Crippen LogP contribution in [-0.2, 0) is 0 Å². The van der Waals surface area contributed by atoms with E-state index < -0.39 is 5.97 Å². The van der Waals surface area contributed by atoms with E-state index in [0.717, 1.165) is 31.7 Å². The Morgan fingerprint density at radius 1 is 1.38 bits per heavy atom. The number of aromatic hydroxyl groups is 1. The molecule has 0 atom stereocenters. The molecular weight excluding hydrogens is 272 g/mol. The Labute approximate surface area is 123 Å². The molecular formula is C15H20N2O4. The van der Waals surface area contributed by atoms with Crippen LogP contribution in [0, 0.1) is 0 Å². The number of urea groups is 1. The van der Waals surface area contributed by atoms with Crippen LogP contribution in [0.15, 0.2) is 18.2 Å². The summed E-state index contributed by atoms with van der Waals surface area (Å²) in [6.45, 7) is 2.76. The first kappa shape index (κ1) is 15.2. The summed E-state index contributed by atoms with van der Waals surface area (Å²) in [4.78, 5) is 24.8. The van der Waals surface area contributed by atoms with Gasteiger partial charge in [0, 0.05) is 12.6 Å². The molecule has 2 rings (SSSR count). The van der Waals surface area contributed by atoms with Crippen LogP contribution in [0.25, 0.3) is 0 Å². The van der Waals surface area contributed by atoms with Gasteiger partial charge in [0.2, 0.25) is 0 Å². The average molecular weight is 292 g/mol. The maximum absolute atomic E-state index is 12.3. The molecule has 0 heterocycles. The Morgan fingerprint density at radius 2 is 2.10 bits per heavy atom. The zero-order valence-electron chi connectivity index (χ0n) is 12.0. The molecule has 21 heavy (non-hydrogen) atoms. The van der Waals surface area contributed by atoms with Crippen LogP contribution >= 0.6 is 0 Å². The van der Waals surface area contributed by atoms with E-state index in [4.69, 9.17) is 5.11 Å². The minimum atomic E-state index is -1.12. The second-order valence-corrected chi connectivity index (χ2v) is 5.25. The number of rotatable bonds is 6. The lowest BCUT2D eigenvalue weighted by Crippen LogP contribution is -2.37. The second kappa shape index (κ2) is 6.47. The van der Waals surface area contributed by atoms with Crippen LogP contribution in [0.5, 0.6) is 5.75 Å². The van der Waals surface area contributed by atoms with Gasteiger partial charge >= 0.3 is 12.0 Å². The molecule has 0 saturated heterocycles. The van der Waals surface area contributed by atoms with Gasteiger partial charge in [-0.25, -0.2) is 9.59 Å². The van der Waals surface area contributed by atoms with Crippen molar-refractivity contribution in [3.63, 3.8) is 0 Å². The number of phenolic OH excluding ortho intramolecular Hbond substituents is 1. The number of carbonyl (C=O) groups is 2. The lowest BCUT2D eigenvalue weighted by Gasteiger charge is -2.23. The van der Waals surface area contributed by atoms with E-state index in [1.165, 1.54) is 12.1 Å². The summed E-state index contributed by atoms with van der Waals surface area (Å²) in [5.41, 5.74) is 0.211. The smallest absolute Gasteiger partial charge is 0.335 e. The fourth-order valence-electron chi connectivity index (χ4n) is 2.12. The number of unbranched alkanes of at least 4 members (excludes halogenated alkanes) is 1. The van der Waals surface area contributed by atoms with Crippen LogP contribution in [0.4, 0.5) is 10.5 Å². The molecule has 3 N–H and O–H groups in total. The molecule has 114 valence electrons. The third-order valence-corrected chi connectivity index (χ3v) is 3.49. The molecule has 1 fully saturated rings. The second-order valence-electron chi connectivity index (χ2n) is 5.25. The third kappa shape index (κ3) is 3.87. The van der Waals surface area contributed by atoms with Crippen LogP contribution in [0.1, 0.15) is 43.0 Å². The Hall–Kier alpha value is -2.24. The van der Waals surface area contributed by atoms with Gasteiger partial charge in [-0.2, -0.15) is 0 Å². The van der Waals surface area contributed by atoms with E-state index in [0.29, 0.717) is 6.54 Å². The summed E-state index contributed by atoms with van der Waals surface area (Å²) in [5, 5.41) is 21.3. The minimum absolute atomic E-state index is 0.0180. The van der Waals surface area contributed by atoms with Crippen molar-refractivity contribution in [2.45, 2.75) is 38.6 Å². The van der Waals surface area contributed by atoms with Crippen LogP contribution in [0.3, 0.4) is 0 Å². The summed E-state index contributed by atoms with van der Waals surface area (Å²) >= 11 is 0. The van der Waals surface area contributed by atoms with Crippen LogP contribution < -0.4 is 5.32 Å². The molecule has 0 aliphatic heterocycles. The molecule has 0 unspecified atom stereocenters. The van der Waals surface area contributed by atoms with E-state index in [1.807, 2.05) is 0 Å². The number of carboxylic acids is 1. The van der Waals surface area contributed by atoms with Crippen molar-refractivity contribution in [1.29, 1.82) is 0 Å². The molecule has 6 nitrogen and oxygen atoms in total. The molecule has 1 aromatic carbocycles. The largest absolute Gasteiger partial charge is 0.506 e. The van der Waals surface area contributed by atoms with Gasteiger partial charge in [0.05, 0.1) is 11.3 Å². The number of benzene rings is 1. The number of nitrogens with one attached hydrogen (secondary N) is 1. The molecule has 1 aliphatic carbocycles. The summed E-state index contributed by atoms with van der Waals surface area (Å²) < 4.78 is 0. The summed E-state index contributed by atoms with van der Waals surface area (Å²) in [5.74, 6) is -1.36. The van der Waals surface area contributed by atoms with Crippen molar-refractivity contribution < 1.29 is 19.8 Å². The monoisotopic (exact) mass is 292 g/mol. The molecule has 2 amide bonds. The SMILES string of the molecule is CCCCN(C(=O)Nc1ccc(C(=O)O)cc1O)C1CC1. The van der Waals surface area contributed by atoms with Gasteiger partial charge < -0.3 is 20.4 Å². The highest BCUT2D eigenvalue weighted by molar-refractivity contribution is 5.93. The number of nitrogens with zero attached hydrogens (tertiary/aromatic N) is 1. The zero-order valence-corrected chi connectivity index (χ0v) is 12.0. The predicted octanol–water partition coefficient (Wildman–Crippen LogP) is 2.89. The Morgan fingerprint density at radius 3 is 2.62 bits per heavy atom. The summed E-state index contributed by atoms with van der Waals surface area (Å²) in [6.07, 6.45) is 3.98. The number of hydrogen-bond acceptors (Lipinski definition) is 3. The zero-order chi connectivity index (χ0) is 15.4. The number of anilines is 1. The fourth-order valence-corrected chi connectivity index (χ4v) is 2.12. The summed E-state index contributed by atoms with van der Waals surface area (Å²) in [7, 11) is 0. The van der Waals surface area contributed by atoms with Crippen molar-refractivity contribution in [2.75, 3.05) is 11.9 Å². The van der Waals surface area contributed by atoms with Gasteiger partial charge in [-0.05, 0) is 37.5 Å². The van der Waals surface area contributed by atoms with Crippen LogP contribution in [-0.4, -0.2) is 39.7 Å². The molecule has 1 aromatic rings. The summed E-state index contributed by atoms with van der Waals surface area (Å²) in [6, 6.07) is 3.93. The van der Waals surface area contributed by atoms with E-state index >= 15 is 0 Å². The molecule has 1 saturated carbocycles. The normalized spacial score (nSPS) is 13.8. The Balaban J connectivity index is 2.05. The first-order valence-corrected chi connectivity index (χ1v) is 7.17. The van der Waals surface area contributed by atoms with Crippen molar-refractivity contribution in [3.05, 3.63) is 23.8 Å². The van der Waals surface area contributed by atoms with Crippen molar-refractivity contribution in [1.82, 2.24) is 4.90 Å². The lowest BCUT2D eigenvalue weighted by atomic mass is 10.2.